The molecule has 4 heterocycles. The minimum absolute atomic E-state index is 0.105. The first kappa shape index (κ1) is 30.0. The molecule has 44 heavy (non-hydrogen) atoms. The average Bonchev–Trinajstić information content (AvgIpc) is 3.73. The molecule has 0 unspecified atom stereocenters. The van der Waals surface area contributed by atoms with Crippen molar-refractivity contribution >= 4 is 32.7 Å². The molecule has 0 spiro atoms. The number of hydrogen-bond donors (Lipinski definition) is 1. The molecule has 1 saturated carbocycles. The normalized spacial score (nSPS) is 16.3. The molecule has 0 radical (unpaired) electrons. The maximum absolute atomic E-state index is 14.1. The lowest BCUT2D eigenvalue weighted by Crippen LogP contribution is -2.30. The first-order chi connectivity index (χ1) is 21.0. The van der Waals surface area contributed by atoms with E-state index < -0.39 is 14.8 Å². The van der Waals surface area contributed by atoms with Crippen molar-refractivity contribution < 1.29 is 13.2 Å². The van der Waals surface area contributed by atoms with Crippen LogP contribution in [0.25, 0.3) is 22.0 Å². The Labute approximate surface area is 258 Å². The Kier molecular flexibility index (Phi) is 7.82. The van der Waals surface area contributed by atoms with E-state index in [2.05, 4.69) is 26.4 Å². The minimum atomic E-state index is -3.78. The van der Waals surface area contributed by atoms with Gasteiger partial charge in [-0.1, -0.05) is 6.08 Å². The predicted octanol–water partition coefficient (Wildman–Crippen LogP) is 5.80. The van der Waals surface area contributed by atoms with Crippen LogP contribution in [0.4, 0.5) is 5.95 Å². The lowest BCUT2D eigenvalue weighted by molar-refractivity contribution is 0.0984. The molecule has 1 aliphatic heterocycles. The number of aromatic nitrogens is 4. The zero-order valence-electron chi connectivity index (χ0n) is 25.6. The summed E-state index contributed by atoms with van der Waals surface area (Å²) in [6, 6.07) is 5.55. The third-order valence-electron chi connectivity index (χ3n) is 9.20. The van der Waals surface area contributed by atoms with Crippen LogP contribution in [0, 0.1) is 20.8 Å². The number of piperidine rings is 1. The average molecular weight is 614 g/mol. The van der Waals surface area contributed by atoms with Gasteiger partial charge in [-0.3, -0.25) is 9.59 Å². The van der Waals surface area contributed by atoms with Crippen LogP contribution in [-0.4, -0.2) is 51.0 Å². The summed E-state index contributed by atoms with van der Waals surface area (Å²) >= 11 is 0. The van der Waals surface area contributed by atoms with Crippen LogP contribution in [0.2, 0.25) is 0 Å². The highest BCUT2D eigenvalue weighted by Crippen LogP contribution is 2.49. The van der Waals surface area contributed by atoms with Gasteiger partial charge in [0.15, 0.2) is 5.78 Å². The van der Waals surface area contributed by atoms with Crippen LogP contribution in [0.15, 0.2) is 54.2 Å². The van der Waals surface area contributed by atoms with Gasteiger partial charge in [-0.15, -0.1) is 6.58 Å². The Hall–Kier alpha value is -4.05. The fourth-order valence-electron chi connectivity index (χ4n) is 6.58. The van der Waals surface area contributed by atoms with E-state index in [1.54, 1.807) is 24.7 Å². The summed E-state index contributed by atoms with van der Waals surface area (Å²) in [5.74, 6) is 0.513. The number of rotatable bonds is 10. The van der Waals surface area contributed by atoms with E-state index in [0.717, 1.165) is 37.2 Å². The molecule has 1 N–H and O–H groups in total. The zero-order chi connectivity index (χ0) is 31.2. The van der Waals surface area contributed by atoms with Crippen molar-refractivity contribution in [2.75, 3.05) is 18.0 Å². The minimum Gasteiger partial charge on any atom is -0.341 e. The summed E-state index contributed by atoms with van der Waals surface area (Å²) in [5.41, 5.74) is 4.96. The van der Waals surface area contributed by atoms with Crippen molar-refractivity contribution in [1.82, 2.24) is 18.9 Å². The number of aromatic amines is 1. The lowest BCUT2D eigenvalue weighted by Gasteiger charge is -2.26. The number of anilines is 1. The number of nitrogens with zero attached hydrogens (tertiary/aromatic N) is 4. The second kappa shape index (κ2) is 11.5. The smallest absolute Gasteiger partial charge is 0.251 e. The van der Waals surface area contributed by atoms with E-state index in [0.29, 0.717) is 63.9 Å². The molecular formula is C34H39N5O4S. The van der Waals surface area contributed by atoms with Gasteiger partial charge in [-0.25, -0.2) is 22.4 Å². The quantitative estimate of drug-likeness (QED) is 0.177. The van der Waals surface area contributed by atoms with Crippen molar-refractivity contribution in [3.63, 3.8) is 0 Å². The largest absolute Gasteiger partial charge is 0.341 e. The fourth-order valence-corrected chi connectivity index (χ4v) is 8.65. The molecule has 10 heteroatoms. The zero-order valence-corrected chi connectivity index (χ0v) is 26.5. The number of Topliss-reactive ketones (excluding diaryl/α,β-unsaturated/α-hetero) is 1. The Bertz CT molecular complexity index is 1930. The summed E-state index contributed by atoms with van der Waals surface area (Å²) in [7, 11) is -3.78. The Morgan fingerprint density at radius 1 is 1.02 bits per heavy atom. The van der Waals surface area contributed by atoms with E-state index in [1.807, 2.05) is 39.0 Å². The summed E-state index contributed by atoms with van der Waals surface area (Å²) in [6.07, 6.45) is 12.1. The van der Waals surface area contributed by atoms with Gasteiger partial charge in [-0.2, -0.15) is 0 Å². The van der Waals surface area contributed by atoms with Gasteiger partial charge < -0.3 is 9.88 Å². The molecular weight excluding hydrogens is 574 g/mol. The summed E-state index contributed by atoms with van der Waals surface area (Å²) in [5, 5.41) is 0.608. The maximum atomic E-state index is 14.1. The maximum Gasteiger partial charge on any atom is 0.251 e. The van der Waals surface area contributed by atoms with Gasteiger partial charge in [0.05, 0.1) is 10.3 Å². The number of carbonyl (C=O) groups excluding carboxylic acids is 1. The van der Waals surface area contributed by atoms with Gasteiger partial charge in [0.2, 0.25) is 16.0 Å². The summed E-state index contributed by atoms with van der Waals surface area (Å²) in [4.78, 5) is 40.9. The van der Waals surface area contributed by atoms with E-state index in [1.165, 1.54) is 10.4 Å². The predicted molar refractivity (Wildman–Crippen MR) is 174 cm³/mol. The van der Waals surface area contributed by atoms with E-state index >= 15 is 0 Å². The van der Waals surface area contributed by atoms with Crippen LogP contribution in [0.5, 0.6) is 0 Å². The number of ketones is 1. The van der Waals surface area contributed by atoms with Crippen LogP contribution in [0.3, 0.4) is 0 Å². The number of aryl methyl sites for hydroxylation is 3. The van der Waals surface area contributed by atoms with Gasteiger partial charge in [-0.05, 0) is 101 Å². The molecule has 1 saturated heterocycles. The number of benzene rings is 1. The van der Waals surface area contributed by atoms with Crippen molar-refractivity contribution in [3.05, 3.63) is 87.7 Å². The molecule has 9 nitrogen and oxygen atoms in total. The second-order valence-corrected chi connectivity index (χ2v) is 14.6. The Balaban J connectivity index is 1.45. The fraction of sp³-hybridized carbons (Fsp3) is 0.412. The van der Waals surface area contributed by atoms with Crippen molar-refractivity contribution in [2.24, 2.45) is 0 Å². The molecule has 0 atom stereocenters. The highest BCUT2D eigenvalue weighted by molar-refractivity contribution is 7.91. The number of hydrogen-bond acceptors (Lipinski definition) is 7. The molecule has 2 fully saturated rings. The van der Waals surface area contributed by atoms with E-state index in [4.69, 9.17) is 0 Å². The lowest BCUT2D eigenvalue weighted by atomic mass is 9.94. The third-order valence-corrected chi connectivity index (χ3v) is 11.7. The number of allylic oxidation sites excluding steroid dienone is 1. The Morgan fingerprint density at radius 3 is 2.36 bits per heavy atom. The molecule has 2 aliphatic rings. The molecule has 0 amide bonds. The standard InChI is InChI=1S/C34H39N5O4S/c1-5-11-34(12-13-34)44(42,43)39-21-23(3)31-28(30(40)10-9-27-22(2)16-24(4)37-32(27)41)17-25(18-29(31)39)26-19-35-33(36-20-26)38-14-7-6-8-15-38/h5,16-21H,1,6-15H2,2-4H3,(H,37,41). The number of carbonyl (C=O) groups is 1. The first-order valence-electron chi connectivity index (χ1n) is 15.4. The van der Waals surface area contributed by atoms with Gasteiger partial charge in [0.1, 0.15) is 0 Å². The number of nitrogens with one attached hydrogen (secondary N) is 1. The molecule has 4 aromatic rings. The monoisotopic (exact) mass is 613 g/mol. The number of fused-ring (bicyclic) bond motifs is 1. The highest BCUT2D eigenvalue weighted by Gasteiger charge is 2.54. The first-order valence-corrected chi connectivity index (χ1v) is 16.8. The van der Waals surface area contributed by atoms with Crippen LogP contribution >= 0.6 is 0 Å². The molecule has 0 bridgehead atoms. The van der Waals surface area contributed by atoms with Crippen LogP contribution in [-0.2, 0) is 16.4 Å². The molecule has 1 aliphatic carbocycles. The number of pyridine rings is 1. The molecule has 3 aromatic heterocycles. The highest BCUT2D eigenvalue weighted by atomic mass is 32.2. The summed E-state index contributed by atoms with van der Waals surface area (Å²) in [6.45, 7) is 11.2. The second-order valence-electron chi connectivity index (χ2n) is 12.4. The molecule has 1 aromatic carbocycles. The molecule has 230 valence electrons. The van der Waals surface area contributed by atoms with Crippen molar-refractivity contribution in [1.29, 1.82) is 0 Å². The third kappa shape index (κ3) is 5.29. The van der Waals surface area contributed by atoms with Crippen LogP contribution < -0.4 is 10.5 Å². The SMILES string of the molecule is C=CCC1(S(=O)(=O)n2cc(C)c3c(C(=O)CCc4c(C)cc(C)[nH]c4=O)cc(-c4cnc(N5CCCCC5)nc4)cc32)CC1. The summed E-state index contributed by atoms with van der Waals surface area (Å²) < 4.78 is 28.6. The van der Waals surface area contributed by atoms with Crippen molar-refractivity contribution in [2.45, 2.75) is 76.9 Å². The van der Waals surface area contributed by atoms with Gasteiger partial charge >= 0.3 is 0 Å². The van der Waals surface area contributed by atoms with Gasteiger partial charge in [0, 0.05) is 65.9 Å². The van der Waals surface area contributed by atoms with Crippen molar-refractivity contribution in [3.8, 4) is 11.1 Å². The van der Waals surface area contributed by atoms with Crippen LogP contribution in [0.1, 0.15) is 77.7 Å². The topological polar surface area (TPSA) is 118 Å². The van der Waals surface area contributed by atoms with E-state index in [9.17, 15) is 18.0 Å². The van der Waals surface area contributed by atoms with Gasteiger partial charge in [0.25, 0.3) is 5.56 Å². The Morgan fingerprint density at radius 2 is 1.73 bits per heavy atom. The number of H-pyrrole nitrogens is 1. The van der Waals surface area contributed by atoms with E-state index in [-0.39, 0.29) is 24.2 Å². The molecule has 6 rings (SSSR count).